The van der Waals surface area contributed by atoms with E-state index >= 15 is 0 Å². The Kier molecular flexibility index (Phi) is 5.26. The molecule has 160 valence electrons. The largest absolute Gasteiger partial charge is 0.0622 e. The molecule has 0 heterocycles. The highest BCUT2D eigenvalue weighted by molar-refractivity contribution is 6.21. The first-order valence-corrected chi connectivity index (χ1v) is 11.7. The van der Waals surface area contributed by atoms with E-state index in [4.69, 9.17) is 0 Å². The summed E-state index contributed by atoms with van der Waals surface area (Å²) in [6, 6.07) is 43.2. The van der Waals surface area contributed by atoms with Crippen LogP contribution in [0.1, 0.15) is 22.3 Å². The molecule has 0 bridgehead atoms. The standard InChI is InChI=1S/C34H24/c1-3-11-25(12-4-1)19-21-27-23-33-32-18-10-8-16-30(32)28(22-20-26-13-5-2-6-14-26)24-34(33)31-17-9-7-15-29(27)31/h1-24H. The molecule has 6 rings (SSSR count). The minimum absolute atomic E-state index is 1.21. The highest BCUT2D eigenvalue weighted by Gasteiger charge is 2.10. The fourth-order valence-corrected chi connectivity index (χ4v) is 4.78. The van der Waals surface area contributed by atoms with Crippen LogP contribution in [0.15, 0.2) is 121 Å². The van der Waals surface area contributed by atoms with Gasteiger partial charge in [-0.3, -0.25) is 0 Å². The van der Waals surface area contributed by atoms with Crippen molar-refractivity contribution in [1.29, 1.82) is 0 Å². The van der Waals surface area contributed by atoms with Gasteiger partial charge in [-0.2, -0.15) is 0 Å². The molecule has 0 spiro atoms. The van der Waals surface area contributed by atoms with Crippen LogP contribution in [0, 0.1) is 0 Å². The van der Waals surface area contributed by atoms with Gasteiger partial charge in [0, 0.05) is 0 Å². The quantitative estimate of drug-likeness (QED) is 0.192. The molecule has 0 aromatic heterocycles. The number of fused-ring (bicyclic) bond motifs is 5. The van der Waals surface area contributed by atoms with Gasteiger partial charge >= 0.3 is 0 Å². The molecule has 0 fully saturated rings. The van der Waals surface area contributed by atoms with Crippen molar-refractivity contribution in [2.24, 2.45) is 0 Å². The molecule has 0 aliphatic rings. The lowest BCUT2D eigenvalue weighted by Gasteiger charge is -2.13. The van der Waals surface area contributed by atoms with Crippen LogP contribution in [0.3, 0.4) is 0 Å². The third kappa shape index (κ3) is 3.80. The van der Waals surface area contributed by atoms with Gasteiger partial charge in [0.15, 0.2) is 0 Å². The van der Waals surface area contributed by atoms with Gasteiger partial charge in [0.05, 0.1) is 0 Å². The Bertz CT molecular complexity index is 1540. The van der Waals surface area contributed by atoms with Crippen molar-refractivity contribution >= 4 is 56.6 Å². The van der Waals surface area contributed by atoms with E-state index in [0.29, 0.717) is 0 Å². The normalized spacial score (nSPS) is 11.9. The molecule has 0 N–H and O–H groups in total. The number of rotatable bonds is 4. The first kappa shape index (κ1) is 20.2. The van der Waals surface area contributed by atoms with Gasteiger partial charge in [-0.25, -0.2) is 0 Å². The van der Waals surface area contributed by atoms with E-state index in [1.807, 2.05) is 0 Å². The summed E-state index contributed by atoms with van der Waals surface area (Å²) in [6.07, 6.45) is 8.89. The van der Waals surface area contributed by atoms with Crippen molar-refractivity contribution in [3.8, 4) is 0 Å². The predicted molar refractivity (Wildman–Crippen MR) is 150 cm³/mol. The number of hydrogen-bond acceptors (Lipinski definition) is 0. The summed E-state index contributed by atoms with van der Waals surface area (Å²) in [5.74, 6) is 0. The first-order valence-electron chi connectivity index (χ1n) is 11.7. The molecule has 6 aromatic carbocycles. The van der Waals surface area contributed by atoms with Gasteiger partial charge in [0.25, 0.3) is 0 Å². The van der Waals surface area contributed by atoms with Crippen LogP contribution in [0.4, 0.5) is 0 Å². The summed E-state index contributed by atoms with van der Waals surface area (Å²) < 4.78 is 0. The van der Waals surface area contributed by atoms with Crippen LogP contribution in [0.5, 0.6) is 0 Å². The highest BCUT2D eigenvalue weighted by Crippen LogP contribution is 2.36. The van der Waals surface area contributed by atoms with Gasteiger partial charge < -0.3 is 0 Å². The third-order valence-electron chi connectivity index (χ3n) is 6.46. The smallest absolute Gasteiger partial charge is 0.00926 e. The minimum Gasteiger partial charge on any atom is -0.0622 e. The molecule has 0 saturated carbocycles. The van der Waals surface area contributed by atoms with Crippen molar-refractivity contribution in [2.45, 2.75) is 0 Å². The third-order valence-corrected chi connectivity index (χ3v) is 6.46. The van der Waals surface area contributed by atoms with E-state index in [9.17, 15) is 0 Å². The van der Waals surface area contributed by atoms with Crippen molar-refractivity contribution in [3.05, 3.63) is 144 Å². The molecule has 0 aliphatic heterocycles. The zero-order valence-electron chi connectivity index (χ0n) is 18.9. The molecule has 6 aromatic rings. The SMILES string of the molecule is C(=Cc1cc2c3ccccc3c(C=Cc3ccccc3)cc2c2ccccc12)c1ccccc1. The lowest BCUT2D eigenvalue weighted by molar-refractivity contribution is 1.66. The van der Waals surface area contributed by atoms with E-state index < -0.39 is 0 Å². The van der Waals surface area contributed by atoms with Gasteiger partial charge in [-0.05, 0) is 66.7 Å². The number of benzene rings is 6. The molecule has 34 heavy (non-hydrogen) atoms. The molecule has 0 heteroatoms. The zero-order chi connectivity index (χ0) is 22.7. The zero-order valence-corrected chi connectivity index (χ0v) is 18.9. The second kappa shape index (κ2) is 8.84. The van der Waals surface area contributed by atoms with Crippen LogP contribution < -0.4 is 0 Å². The summed E-state index contributed by atoms with van der Waals surface area (Å²) in [7, 11) is 0. The number of hydrogen-bond donors (Lipinski definition) is 0. The molecule has 0 atom stereocenters. The molecular weight excluding hydrogens is 408 g/mol. The van der Waals surface area contributed by atoms with Crippen LogP contribution >= 0.6 is 0 Å². The minimum atomic E-state index is 1.21. The maximum absolute atomic E-state index is 2.35. The van der Waals surface area contributed by atoms with E-state index in [2.05, 4.69) is 146 Å². The Hall–Kier alpha value is -4.42. The van der Waals surface area contributed by atoms with Gasteiger partial charge in [-0.1, -0.05) is 133 Å². The van der Waals surface area contributed by atoms with Crippen molar-refractivity contribution in [2.75, 3.05) is 0 Å². The average Bonchev–Trinajstić information content (AvgIpc) is 2.91. The summed E-state index contributed by atoms with van der Waals surface area (Å²) in [5, 5.41) is 7.70. The van der Waals surface area contributed by atoms with Gasteiger partial charge in [0.2, 0.25) is 0 Å². The van der Waals surface area contributed by atoms with E-state index in [1.165, 1.54) is 54.6 Å². The molecule has 0 saturated heterocycles. The fraction of sp³-hybridized carbons (Fsp3) is 0. The van der Waals surface area contributed by atoms with Crippen molar-refractivity contribution in [3.63, 3.8) is 0 Å². The molecule has 0 unspecified atom stereocenters. The first-order chi connectivity index (χ1) is 16.9. The highest BCUT2D eigenvalue weighted by atomic mass is 14.1. The predicted octanol–water partition coefficient (Wildman–Crippen LogP) is 9.49. The average molecular weight is 433 g/mol. The van der Waals surface area contributed by atoms with Gasteiger partial charge in [0.1, 0.15) is 0 Å². The maximum atomic E-state index is 2.35. The Morgan fingerprint density at radius 3 is 1.06 bits per heavy atom. The lowest BCUT2D eigenvalue weighted by atomic mass is 9.91. The van der Waals surface area contributed by atoms with Crippen molar-refractivity contribution in [1.82, 2.24) is 0 Å². The molecule has 0 nitrogen and oxygen atoms in total. The molecule has 0 aliphatic carbocycles. The fourth-order valence-electron chi connectivity index (χ4n) is 4.78. The maximum Gasteiger partial charge on any atom is -0.00926 e. The second-order valence-electron chi connectivity index (χ2n) is 8.61. The van der Waals surface area contributed by atoms with Crippen molar-refractivity contribution < 1.29 is 0 Å². The second-order valence-corrected chi connectivity index (χ2v) is 8.61. The van der Waals surface area contributed by atoms with E-state index in [-0.39, 0.29) is 0 Å². The molecule has 0 amide bonds. The van der Waals surface area contributed by atoms with Gasteiger partial charge in [-0.15, -0.1) is 0 Å². The summed E-state index contributed by atoms with van der Waals surface area (Å²) in [4.78, 5) is 0. The van der Waals surface area contributed by atoms with Crippen LogP contribution in [0.2, 0.25) is 0 Å². The van der Waals surface area contributed by atoms with Crippen LogP contribution in [-0.2, 0) is 0 Å². The Morgan fingerprint density at radius 1 is 0.294 bits per heavy atom. The topological polar surface area (TPSA) is 0 Å². The summed E-state index contributed by atoms with van der Waals surface area (Å²) in [5.41, 5.74) is 4.89. The Balaban J connectivity index is 1.60. The Morgan fingerprint density at radius 2 is 0.647 bits per heavy atom. The summed E-state index contributed by atoms with van der Waals surface area (Å²) >= 11 is 0. The monoisotopic (exact) mass is 432 g/mol. The van der Waals surface area contributed by atoms with E-state index in [1.54, 1.807) is 0 Å². The summed E-state index contributed by atoms with van der Waals surface area (Å²) in [6.45, 7) is 0. The van der Waals surface area contributed by atoms with E-state index in [0.717, 1.165) is 0 Å². The lowest BCUT2D eigenvalue weighted by Crippen LogP contribution is -1.87. The Labute approximate surface area is 200 Å². The van der Waals surface area contributed by atoms with Crippen LogP contribution in [-0.4, -0.2) is 0 Å². The van der Waals surface area contributed by atoms with Crippen LogP contribution in [0.25, 0.3) is 56.6 Å². The molecule has 0 radical (unpaired) electrons. The molecular formula is C34H24.